The van der Waals surface area contributed by atoms with Crippen molar-refractivity contribution in [3.8, 4) is 0 Å². The molecule has 1 saturated heterocycles. The predicted molar refractivity (Wildman–Crippen MR) is 96.2 cm³/mol. The molecule has 0 unspecified atom stereocenters. The second kappa shape index (κ2) is 5.49. The number of aromatic nitrogens is 1. The van der Waals surface area contributed by atoms with E-state index in [-0.39, 0.29) is 10.9 Å². The molecular weight excluding hydrogens is 351 g/mol. The highest BCUT2D eigenvalue weighted by Gasteiger charge is 2.24. The van der Waals surface area contributed by atoms with E-state index in [1.165, 1.54) is 0 Å². The quantitative estimate of drug-likeness (QED) is 0.754. The van der Waals surface area contributed by atoms with E-state index in [1.54, 1.807) is 10.5 Å². The molecule has 1 aromatic carbocycles. The Kier molecular flexibility index (Phi) is 3.54. The average molecular weight is 364 g/mol. The van der Waals surface area contributed by atoms with Crippen LogP contribution in [0.15, 0.2) is 16.9 Å². The van der Waals surface area contributed by atoms with E-state index in [4.69, 9.17) is 0 Å². The molecule has 1 N–H and O–H groups in total. The molecule has 0 atom stereocenters. The Balaban J connectivity index is 2.05. The summed E-state index contributed by atoms with van der Waals surface area (Å²) in [7, 11) is 0. The number of carboxylic acids is 1. The SMILES string of the molecule is C=c1sc2c(C(=O)O)c(=O)c3cc(F)c(N4CCSCC4)cc3n12. The first-order valence-corrected chi connectivity index (χ1v) is 9.31. The molecule has 1 fully saturated rings. The van der Waals surface area contributed by atoms with Gasteiger partial charge in [-0.15, -0.1) is 0 Å². The second-order valence-corrected chi connectivity index (χ2v) is 7.85. The summed E-state index contributed by atoms with van der Waals surface area (Å²) >= 11 is 2.99. The molecule has 0 spiro atoms. The minimum absolute atomic E-state index is 0.0743. The minimum Gasteiger partial charge on any atom is -0.477 e. The van der Waals surface area contributed by atoms with Gasteiger partial charge in [-0.05, 0) is 12.1 Å². The number of nitrogens with zero attached hydrogens (tertiary/aromatic N) is 2. The number of carboxylic acid groups (broad SMARTS) is 1. The monoisotopic (exact) mass is 364 g/mol. The molecule has 0 saturated carbocycles. The number of hydrogen-bond donors (Lipinski definition) is 1. The third-order valence-electron chi connectivity index (χ3n) is 4.22. The van der Waals surface area contributed by atoms with E-state index in [0.717, 1.165) is 42.0 Å². The standard InChI is InChI=1S/C16H13FN2O3S2/c1-8-19-11-7-12(18-2-4-23-5-3-18)10(17)6-9(11)14(20)13(16(21)22)15(19)24-8/h6-7H,1-5H2,(H,21,22). The fourth-order valence-corrected chi connectivity index (χ4v) is 4.93. The summed E-state index contributed by atoms with van der Waals surface area (Å²) in [6.07, 6.45) is 0. The third kappa shape index (κ3) is 2.13. The van der Waals surface area contributed by atoms with Gasteiger partial charge in [0.1, 0.15) is 16.2 Å². The zero-order chi connectivity index (χ0) is 17.0. The van der Waals surface area contributed by atoms with Gasteiger partial charge >= 0.3 is 5.97 Å². The van der Waals surface area contributed by atoms with Crippen molar-refractivity contribution < 1.29 is 14.3 Å². The number of aromatic carboxylic acids is 1. The number of rotatable bonds is 2. The zero-order valence-corrected chi connectivity index (χ0v) is 14.2. The van der Waals surface area contributed by atoms with E-state index >= 15 is 0 Å². The molecular formula is C16H13FN2O3S2. The highest BCUT2D eigenvalue weighted by atomic mass is 32.2. The Morgan fingerprint density at radius 3 is 2.62 bits per heavy atom. The largest absolute Gasteiger partial charge is 0.477 e. The van der Waals surface area contributed by atoms with Crippen molar-refractivity contribution >= 4 is 57.1 Å². The van der Waals surface area contributed by atoms with Crippen LogP contribution < -0.4 is 15.0 Å². The maximum absolute atomic E-state index is 14.6. The minimum atomic E-state index is -1.30. The summed E-state index contributed by atoms with van der Waals surface area (Å²) in [4.78, 5) is 26.2. The van der Waals surface area contributed by atoms with Crippen LogP contribution in [0.4, 0.5) is 10.1 Å². The molecule has 3 heterocycles. The molecule has 8 heteroatoms. The maximum Gasteiger partial charge on any atom is 0.342 e. The average Bonchev–Trinajstić information content (AvgIpc) is 2.55. The number of carbonyl (C=O) groups is 1. The van der Waals surface area contributed by atoms with Gasteiger partial charge in [0.05, 0.1) is 21.3 Å². The van der Waals surface area contributed by atoms with Crippen molar-refractivity contribution in [1.82, 2.24) is 4.40 Å². The van der Waals surface area contributed by atoms with Gasteiger partial charge in [-0.25, -0.2) is 9.18 Å². The number of halogens is 1. The van der Waals surface area contributed by atoms with Crippen LogP contribution in [-0.4, -0.2) is 40.1 Å². The molecule has 2 aromatic heterocycles. The molecule has 4 rings (SSSR count). The Morgan fingerprint density at radius 2 is 2.00 bits per heavy atom. The lowest BCUT2D eigenvalue weighted by atomic mass is 10.1. The van der Waals surface area contributed by atoms with Gasteiger partial charge < -0.3 is 10.0 Å². The molecule has 3 aromatic rings. The molecule has 0 amide bonds. The Labute approximate surface area is 144 Å². The van der Waals surface area contributed by atoms with E-state index in [0.29, 0.717) is 20.7 Å². The normalized spacial score (nSPS) is 15.5. The third-order valence-corrected chi connectivity index (χ3v) is 6.16. The van der Waals surface area contributed by atoms with E-state index in [1.807, 2.05) is 16.7 Å². The van der Waals surface area contributed by atoms with Crippen molar-refractivity contribution in [2.45, 2.75) is 0 Å². The predicted octanol–water partition coefficient (Wildman–Crippen LogP) is 2.03. The van der Waals surface area contributed by atoms with Gasteiger partial charge in [0, 0.05) is 24.6 Å². The number of pyridine rings is 1. The van der Waals surface area contributed by atoms with Crippen molar-refractivity contribution in [2.75, 3.05) is 29.5 Å². The summed E-state index contributed by atoms with van der Waals surface area (Å²) in [5, 5.41) is 9.39. The van der Waals surface area contributed by atoms with Gasteiger partial charge in [-0.2, -0.15) is 11.8 Å². The number of thioether (sulfide) groups is 1. The van der Waals surface area contributed by atoms with Gasteiger partial charge in [0.2, 0.25) is 5.43 Å². The Hall–Kier alpha value is -2.06. The van der Waals surface area contributed by atoms with Crippen LogP contribution in [0, 0.1) is 5.82 Å². The van der Waals surface area contributed by atoms with Crippen LogP contribution in [0.1, 0.15) is 10.4 Å². The fraction of sp³-hybridized carbons (Fsp3) is 0.250. The molecule has 5 nitrogen and oxygen atoms in total. The van der Waals surface area contributed by atoms with Crippen molar-refractivity contribution in [3.63, 3.8) is 0 Å². The highest BCUT2D eigenvalue weighted by molar-refractivity contribution is 7.99. The van der Waals surface area contributed by atoms with Crippen molar-refractivity contribution in [3.05, 3.63) is 38.4 Å². The lowest BCUT2D eigenvalue weighted by molar-refractivity contribution is 0.0697. The van der Waals surface area contributed by atoms with E-state index < -0.39 is 17.2 Å². The van der Waals surface area contributed by atoms with Crippen LogP contribution in [-0.2, 0) is 0 Å². The Morgan fingerprint density at radius 1 is 1.29 bits per heavy atom. The lowest BCUT2D eigenvalue weighted by Gasteiger charge is -2.29. The van der Waals surface area contributed by atoms with Crippen LogP contribution in [0.5, 0.6) is 0 Å². The second-order valence-electron chi connectivity index (χ2n) is 5.57. The summed E-state index contributed by atoms with van der Waals surface area (Å²) in [6.45, 7) is 5.35. The number of anilines is 1. The van der Waals surface area contributed by atoms with Crippen molar-refractivity contribution in [1.29, 1.82) is 0 Å². The first-order chi connectivity index (χ1) is 11.5. The molecule has 1 aliphatic rings. The maximum atomic E-state index is 14.6. The molecule has 0 bridgehead atoms. The fourth-order valence-electron chi connectivity index (χ4n) is 3.07. The van der Waals surface area contributed by atoms with Crippen LogP contribution in [0.2, 0.25) is 0 Å². The summed E-state index contributed by atoms with van der Waals surface area (Å²) in [6, 6.07) is 2.80. The molecule has 0 aliphatic carbocycles. The first-order valence-electron chi connectivity index (χ1n) is 7.34. The number of benzene rings is 1. The number of hydrogen-bond acceptors (Lipinski definition) is 5. The van der Waals surface area contributed by atoms with E-state index in [9.17, 15) is 19.1 Å². The molecule has 1 aliphatic heterocycles. The summed E-state index contributed by atoms with van der Waals surface area (Å²) in [5.74, 6) is 0.0516. The smallest absolute Gasteiger partial charge is 0.342 e. The van der Waals surface area contributed by atoms with Crippen molar-refractivity contribution in [2.24, 2.45) is 0 Å². The van der Waals surface area contributed by atoms with E-state index in [2.05, 4.69) is 6.58 Å². The highest BCUT2D eigenvalue weighted by Crippen LogP contribution is 2.29. The lowest BCUT2D eigenvalue weighted by Crippen LogP contribution is -2.33. The van der Waals surface area contributed by atoms with Crippen LogP contribution >= 0.6 is 23.1 Å². The number of fused-ring (bicyclic) bond motifs is 3. The first kappa shape index (κ1) is 15.5. The summed E-state index contributed by atoms with van der Waals surface area (Å²) in [5.41, 5.74) is -0.00660. The molecule has 0 radical (unpaired) electrons. The Bertz CT molecular complexity index is 1080. The topological polar surface area (TPSA) is 62.0 Å². The summed E-state index contributed by atoms with van der Waals surface area (Å²) < 4.78 is 16.9. The van der Waals surface area contributed by atoms with Gasteiger partial charge in [-0.1, -0.05) is 17.9 Å². The molecule has 124 valence electrons. The zero-order valence-electron chi connectivity index (χ0n) is 12.5. The van der Waals surface area contributed by atoms with Gasteiger partial charge in [0.15, 0.2) is 0 Å². The van der Waals surface area contributed by atoms with Gasteiger partial charge in [0.25, 0.3) is 0 Å². The van der Waals surface area contributed by atoms with Crippen LogP contribution in [0.25, 0.3) is 22.3 Å². The van der Waals surface area contributed by atoms with Crippen LogP contribution in [0.3, 0.4) is 0 Å². The molecule has 24 heavy (non-hydrogen) atoms. The van der Waals surface area contributed by atoms with Gasteiger partial charge in [-0.3, -0.25) is 9.20 Å².